The standard InChI is InChI=1S/C16H16BrFN2O4S/c1-20(2)25(22,23)13-4-5-15(24-3)14(9-13)19-16(21)10-6-11(17)8-12(18)7-10/h4-9H,1-3H3,(H,19,21). The lowest BCUT2D eigenvalue weighted by molar-refractivity contribution is 0.102. The van der Waals surface area contributed by atoms with Gasteiger partial charge in [0.15, 0.2) is 0 Å². The molecular formula is C16H16BrFN2O4S. The Balaban J connectivity index is 2.42. The van der Waals surface area contributed by atoms with Crippen molar-refractivity contribution in [2.75, 3.05) is 26.5 Å². The van der Waals surface area contributed by atoms with Gasteiger partial charge < -0.3 is 10.1 Å². The number of hydrogen-bond acceptors (Lipinski definition) is 4. The molecule has 0 aliphatic carbocycles. The zero-order chi connectivity index (χ0) is 18.8. The van der Waals surface area contributed by atoms with Crippen molar-refractivity contribution in [2.24, 2.45) is 0 Å². The molecule has 0 aromatic heterocycles. The first kappa shape index (κ1) is 19.4. The van der Waals surface area contributed by atoms with Crippen molar-refractivity contribution in [2.45, 2.75) is 4.90 Å². The predicted molar refractivity (Wildman–Crippen MR) is 95.9 cm³/mol. The Labute approximate surface area is 153 Å². The van der Waals surface area contributed by atoms with E-state index in [1.165, 1.54) is 51.5 Å². The largest absolute Gasteiger partial charge is 0.495 e. The zero-order valence-electron chi connectivity index (χ0n) is 13.7. The molecule has 1 N–H and O–H groups in total. The number of nitrogens with one attached hydrogen (secondary N) is 1. The molecule has 2 rings (SSSR count). The molecule has 0 spiro atoms. The van der Waals surface area contributed by atoms with Crippen LogP contribution in [-0.2, 0) is 10.0 Å². The number of halogens is 2. The maximum absolute atomic E-state index is 13.5. The summed E-state index contributed by atoms with van der Waals surface area (Å²) >= 11 is 3.12. The predicted octanol–water partition coefficient (Wildman–Crippen LogP) is 3.10. The lowest BCUT2D eigenvalue weighted by atomic mass is 10.2. The topological polar surface area (TPSA) is 75.7 Å². The van der Waals surface area contributed by atoms with Crippen LogP contribution in [0.3, 0.4) is 0 Å². The van der Waals surface area contributed by atoms with Gasteiger partial charge in [0.25, 0.3) is 5.91 Å². The van der Waals surface area contributed by atoms with E-state index in [-0.39, 0.29) is 21.9 Å². The van der Waals surface area contributed by atoms with Gasteiger partial charge in [-0.1, -0.05) is 15.9 Å². The maximum atomic E-state index is 13.5. The quantitative estimate of drug-likeness (QED) is 0.790. The first-order valence-electron chi connectivity index (χ1n) is 7.03. The van der Waals surface area contributed by atoms with Crippen molar-refractivity contribution in [3.63, 3.8) is 0 Å². The maximum Gasteiger partial charge on any atom is 0.255 e. The zero-order valence-corrected chi connectivity index (χ0v) is 16.1. The minimum absolute atomic E-state index is 0.00553. The van der Waals surface area contributed by atoms with Gasteiger partial charge in [0.1, 0.15) is 11.6 Å². The van der Waals surface area contributed by atoms with Crippen LogP contribution in [0, 0.1) is 5.82 Å². The Hall–Kier alpha value is -1.97. The molecule has 6 nitrogen and oxygen atoms in total. The molecule has 0 aliphatic rings. The van der Waals surface area contributed by atoms with Gasteiger partial charge in [-0.3, -0.25) is 4.79 Å². The van der Waals surface area contributed by atoms with E-state index in [1.54, 1.807) is 0 Å². The summed E-state index contributed by atoms with van der Waals surface area (Å²) in [5.41, 5.74) is 0.241. The molecule has 25 heavy (non-hydrogen) atoms. The summed E-state index contributed by atoms with van der Waals surface area (Å²) in [4.78, 5) is 12.4. The van der Waals surface area contributed by atoms with Gasteiger partial charge in [-0.15, -0.1) is 0 Å². The number of methoxy groups -OCH3 is 1. The third-order valence-electron chi connectivity index (χ3n) is 3.32. The fourth-order valence-corrected chi connectivity index (χ4v) is 3.43. The minimum Gasteiger partial charge on any atom is -0.495 e. The molecule has 9 heteroatoms. The van der Waals surface area contributed by atoms with E-state index in [2.05, 4.69) is 21.2 Å². The van der Waals surface area contributed by atoms with Gasteiger partial charge in [-0.25, -0.2) is 17.1 Å². The second kappa shape index (κ2) is 7.51. The molecule has 0 fully saturated rings. The second-order valence-corrected chi connectivity index (χ2v) is 8.33. The fourth-order valence-electron chi connectivity index (χ4n) is 2.04. The van der Waals surface area contributed by atoms with Crippen LogP contribution in [0.25, 0.3) is 0 Å². The smallest absolute Gasteiger partial charge is 0.255 e. The second-order valence-electron chi connectivity index (χ2n) is 5.26. The third kappa shape index (κ3) is 4.36. The summed E-state index contributed by atoms with van der Waals surface area (Å²) in [7, 11) is 0.523. The summed E-state index contributed by atoms with van der Waals surface area (Å²) < 4.78 is 44.6. The van der Waals surface area contributed by atoms with Crippen molar-refractivity contribution < 1.29 is 22.3 Å². The molecule has 1 amide bonds. The first-order chi connectivity index (χ1) is 11.6. The van der Waals surface area contributed by atoms with E-state index in [0.29, 0.717) is 4.47 Å². The fraction of sp³-hybridized carbons (Fsp3) is 0.188. The molecule has 0 heterocycles. The number of benzene rings is 2. The molecule has 134 valence electrons. The number of amides is 1. The van der Waals surface area contributed by atoms with Crippen LogP contribution in [0.2, 0.25) is 0 Å². The summed E-state index contributed by atoms with van der Waals surface area (Å²) in [6.45, 7) is 0. The SMILES string of the molecule is COc1ccc(S(=O)(=O)N(C)C)cc1NC(=O)c1cc(F)cc(Br)c1. The Morgan fingerprint density at radius 2 is 1.88 bits per heavy atom. The van der Waals surface area contributed by atoms with Gasteiger partial charge in [0.2, 0.25) is 10.0 Å². The van der Waals surface area contributed by atoms with Crippen LogP contribution in [0.4, 0.5) is 10.1 Å². The van der Waals surface area contributed by atoms with Crippen molar-refractivity contribution in [1.82, 2.24) is 4.31 Å². The van der Waals surface area contributed by atoms with Crippen LogP contribution in [0.1, 0.15) is 10.4 Å². The normalized spacial score (nSPS) is 11.4. The number of carbonyl (C=O) groups excluding carboxylic acids is 1. The molecular weight excluding hydrogens is 415 g/mol. The minimum atomic E-state index is -3.68. The van der Waals surface area contributed by atoms with Crippen LogP contribution in [-0.4, -0.2) is 39.8 Å². The number of anilines is 1. The van der Waals surface area contributed by atoms with Gasteiger partial charge in [0.05, 0.1) is 17.7 Å². The highest BCUT2D eigenvalue weighted by Crippen LogP contribution is 2.29. The number of ether oxygens (including phenoxy) is 1. The van der Waals surface area contributed by atoms with Crippen molar-refractivity contribution in [1.29, 1.82) is 0 Å². The molecule has 0 saturated heterocycles. The average molecular weight is 431 g/mol. The number of nitrogens with zero attached hydrogens (tertiary/aromatic N) is 1. The molecule has 0 saturated carbocycles. The number of carbonyl (C=O) groups is 1. The molecule has 0 atom stereocenters. The van der Waals surface area contributed by atoms with E-state index in [1.807, 2.05) is 0 Å². The lowest BCUT2D eigenvalue weighted by Gasteiger charge is -2.15. The average Bonchev–Trinajstić information content (AvgIpc) is 2.53. The summed E-state index contributed by atoms with van der Waals surface area (Å²) in [6.07, 6.45) is 0. The van der Waals surface area contributed by atoms with Gasteiger partial charge in [-0.05, 0) is 36.4 Å². The molecule has 2 aromatic rings. The van der Waals surface area contributed by atoms with E-state index in [0.717, 1.165) is 10.4 Å². The monoisotopic (exact) mass is 430 g/mol. The number of sulfonamides is 1. The molecule has 0 unspecified atom stereocenters. The molecule has 2 aromatic carbocycles. The molecule has 0 aliphatic heterocycles. The summed E-state index contributed by atoms with van der Waals surface area (Å²) in [5.74, 6) is -0.894. The highest BCUT2D eigenvalue weighted by molar-refractivity contribution is 9.10. The Morgan fingerprint density at radius 1 is 1.20 bits per heavy atom. The Kier molecular flexibility index (Phi) is 5.81. The van der Waals surface area contributed by atoms with Crippen LogP contribution >= 0.6 is 15.9 Å². The number of hydrogen-bond donors (Lipinski definition) is 1. The Morgan fingerprint density at radius 3 is 2.44 bits per heavy atom. The van der Waals surface area contributed by atoms with Gasteiger partial charge in [-0.2, -0.15) is 0 Å². The third-order valence-corrected chi connectivity index (χ3v) is 5.59. The van der Waals surface area contributed by atoms with E-state index in [9.17, 15) is 17.6 Å². The Bertz CT molecular complexity index is 896. The van der Waals surface area contributed by atoms with Crippen LogP contribution in [0.5, 0.6) is 5.75 Å². The number of rotatable bonds is 5. The van der Waals surface area contributed by atoms with Crippen LogP contribution < -0.4 is 10.1 Å². The van der Waals surface area contributed by atoms with Crippen molar-refractivity contribution >= 4 is 37.5 Å². The van der Waals surface area contributed by atoms with E-state index < -0.39 is 21.7 Å². The highest BCUT2D eigenvalue weighted by Gasteiger charge is 2.20. The van der Waals surface area contributed by atoms with E-state index >= 15 is 0 Å². The van der Waals surface area contributed by atoms with Crippen molar-refractivity contribution in [3.8, 4) is 5.75 Å². The van der Waals surface area contributed by atoms with Crippen LogP contribution in [0.15, 0.2) is 45.8 Å². The molecule has 0 radical (unpaired) electrons. The molecule has 0 bridgehead atoms. The lowest BCUT2D eigenvalue weighted by Crippen LogP contribution is -2.22. The first-order valence-corrected chi connectivity index (χ1v) is 9.26. The van der Waals surface area contributed by atoms with Crippen molar-refractivity contribution in [3.05, 3.63) is 52.3 Å². The van der Waals surface area contributed by atoms with Gasteiger partial charge >= 0.3 is 0 Å². The van der Waals surface area contributed by atoms with E-state index in [4.69, 9.17) is 4.74 Å². The highest BCUT2D eigenvalue weighted by atomic mass is 79.9. The van der Waals surface area contributed by atoms with Gasteiger partial charge in [0, 0.05) is 24.1 Å². The summed E-state index contributed by atoms with van der Waals surface area (Å²) in [5, 5.41) is 2.55. The summed E-state index contributed by atoms with van der Waals surface area (Å²) in [6, 6.07) is 7.86.